The quantitative estimate of drug-likeness (QED) is 0.656. The summed E-state index contributed by atoms with van der Waals surface area (Å²) >= 11 is 0. The number of likely N-dealkylation sites (tertiary alicyclic amines) is 1. The predicted octanol–water partition coefficient (Wildman–Crippen LogP) is 3.84. The van der Waals surface area contributed by atoms with Crippen LogP contribution in [0.15, 0.2) is 72.7 Å². The Bertz CT molecular complexity index is 1260. The Labute approximate surface area is 183 Å². The second-order valence-electron chi connectivity index (χ2n) is 8.36. The van der Waals surface area contributed by atoms with E-state index in [9.17, 15) is 0 Å². The van der Waals surface area contributed by atoms with Crippen LogP contribution in [0.25, 0.3) is 22.9 Å². The van der Waals surface area contributed by atoms with Gasteiger partial charge >= 0.3 is 0 Å². The van der Waals surface area contributed by atoms with Crippen molar-refractivity contribution in [3.05, 3.63) is 88.7 Å². The highest BCUT2D eigenvalue weighted by Crippen LogP contribution is 2.31. The third kappa shape index (κ3) is 3.98. The number of hydrogen-bond acceptors (Lipinski definition) is 4. The second kappa shape index (κ2) is 8.38. The van der Waals surface area contributed by atoms with Crippen molar-refractivity contribution in [2.45, 2.75) is 32.8 Å². The third-order valence-corrected chi connectivity index (χ3v) is 6.23. The van der Waals surface area contributed by atoms with Crippen molar-refractivity contribution in [3.8, 4) is 17.1 Å². The monoisotopic (exact) mass is 409 g/mol. The Morgan fingerprint density at radius 2 is 1.65 bits per heavy atom. The van der Waals surface area contributed by atoms with Crippen molar-refractivity contribution in [2.75, 3.05) is 13.1 Å². The van der Waals surface area contributed by atoms with Crippen LogP contribution in [0, 0.1) is 6.92 Å². The first-order valence-electron chi connectivity index (χ1n) is 10.9. The molecule has 3 aromatic rings. The largest absolute Gasteiger partial charge is 0.469 e. The number of aromatic nitrogens is 2. The number of nitrogens with zero attached hydrogens (tertiary/aromatic N) is 3. The van der Waals surface area contributed by atoms with Crippen LogP contribution in [-0.2, 0) is 0 Å². The van der Waals surface area contributed by atoms with E-state index in [4.69, 9.17) is 4.74 Å². The van der Waals surface area contributed by atoms with Crippen molar-refractivity contribution >= 4 is 11.6 Å². The minimum atomic E-state index is 0.128. The summed E-state index contributed by atoms with van der Waals surface area (Å²) < 4.78 is 6.29. The van der Waals surface area contributed by atoms with Crippen LogP contribution in [0.1, 0.15) is 25.3 Å². The molecule has 0 spiro atoms. The number of ether oxygens (including phenoxy) is 1. The minimum absolute atomic E-state index is 0.128. The van der Waals surface area contributed by atoms with E-state index in [1.165, 1.54) is 27.3 Å². The maximum atomic E-state index is 6.29. The van der Waals surface area contributed by atoms with Crippen LogP contribution < -0.4 is 15.2 Å². The van der Waals surface area contributed by atoms with E-state index in [-0.39, 0.29) is 6.10 Å². The molecule has 2 aromatic carbocycles. The average Bonchev–Trinajstić information content (AvgIpc) is 2.76. The molecule has 1 aromatic heterocycles. The van der Waals surface area contributed by atoms with Gasteiger partial charge in [-0.25, -0.2) is 9.97 Å². The van der Waals surface area contributed by atoms with E-state index in [0.29, 0.717) is 5.88 Å². The molecule has 0 N–H and O–H groups in total. The lowest BCUT2D eigenvalue weighted by Gasteiger charge is -2.42. The van der Waals surface area contributed by atoms with Crippen molar-refractivity contribution < 1.29 is 4.74 Å². The summed E-state index contributed by atoms with van der Waals surface area (Å²) in [5.41, 5.74) is 5.90. The van der Waals surface area contributed by atoms with E-state index in [1.807, 2.05) is 12.1 Å². The molecule has 0 amide bonds. The summed E-state index contributed by atoms with van der Waals surface area (Å²) in [6, 6.07) is 16.9. The number of fused-ring (bicyclic) bond motifs is 1. The normalized spacial score (nSPS) is 16.4. The Balaban J connectivity index is 1.31. The SMILES string of the molecule is CC1=c2ccccc2=CC=C(N2CC(Oc3nccnc3-c3ccccc3C)C2)CC1. The number of hydrogen-bond donors (Lipinski definition) is 0. The molecule has 2 heterocycles. The molecule has 0 bridgehead atoms. The van der Waals surface area contributed by atoms with Crippen molar-refractivity contribution in [2.24, 2.45) is 0 Å². The highest BCUT2D eigenvalue weighted by Gasteiger charge is 2.31. The smallest absolute Gasteiger partial charge is 0.241 e. The predicted molar refractivity (Wildman–Crippen MR) is 125 cm³/mol. The van der Waals surface area contributed by atoms with Gasteiger partial charge in [0.1, 0.15) is 11.8 Å². The molecule has 1 aliphatic carbocycles. The summed E-state index contributed by atoms with van der Waals surface area (Å²) in [7, 11) is 0. The molecule has 31 heavy (non-hydrogen) atoms. The Morgan fingerprint density at radius 1 is 0.871 bits per heavy atom. The van der Waals surface area contributed by atoms with Gasteiger partial charge in [0.15, 0.2) is 0 Å². The zero-order valence-corrected chi connectivity index (χ0v) is 18.1. The second-order valence-corrected chi connectivity index (χ2v) is 8.36. The molecule has 4 nitrogen and oxygen atoms in total. The molecule has 1 fully saturated rings. The zero-order chi connectivity index (χ0) is 21.2. The molecule has 5 rings (SSSR count). The first-order chi connectivity index (χ1) is 15.2. The molecule has 0 saturated carbocycles. The molecule has 1 aliphatic heterocycles. The van der Waals surface area contributed by atoms with E-state index >= 15 is 0 Å². The molecule has 1 saturated heterocycles. The van der Waals surface area contributed by atoms with Crippen LogP contribution in [0.2, 0.25) is 0 Å². The van der Waals surface area contributed by atoms with Gasteiger partial charge in [-0.1, -0.05) is 60.2 Å². The van der Waals surface area contributed by atoms with Crippen LogP contribution in [0.4, 0.5) is 0 Å². The fourth-order valence-corrected chi connectivity index (χ4v) is 4.35. The number of allylic oxidation sites excluding steroid dienone is 2. The van der Waals surface area contributed by atoms with Crippen LogP contribution in [0.3, 0.4) is 0 Å². The van der Waals surface area contributed by atoms with E-state index in [1.54, 1.807) is 12.4 Å². The molecule has 2 aliphatic rings. The Morgan fingerprint density at radius 3 is 2.52 bits per heavy atom. The summed E-state index contributed by atoms with van der Waals surface area (Å²) in [4.78, 5) is 11.5. The fraction of sp³-hybridized carbons (Fsp3) is 0.259. The maximum absolute atomic E-state index is 6.29. The molecular weight excluding hydrogens is 382 g/mol. The minimum Gasteiger partial charge on any atom is -0.469 e. The number of rotatable bonds is 4. The topological polar surface area (TPSA) is 38.2 Å². The average molecular weight is 410 g/mol. The lowest BCUT2D eigenvalue weighted by molar-refractivity contribution is 0.0388. The van der Waals surface area contributed by atoms with Gasteiger partial charge in [0.2, 0.25) is 5.88 Å². The molecule has 156 valence electrons. The van der Waals surface area contributed by atoms with Crippen molar-refractivity contribution in [1.82, 2.24) is 14.9 Å². The van der Waals surface area contributed by atoms with E-state index < -0.39 is 0 Å². The van der Waals surface area contributed by atoms with Crippen molar-refractivity contribution in [3.63, 3.8) is 0 Å². The molecule has 0 radical (unpaired) electrons. The van der Waals surface area contributed by atoms with Crippen LogP contribution in [-0.4, -0.2) is 34.1 Å². The summed E-state index contributed by atoms with van der Waals surface area (Å²) in [5.74, 6) is 0.623. The molecule has 0 atom stereocenters. The van der Waals surface area contributed by atoms with Gasteiger partial charge in [0.05, 0.1) is 13.1 Å². The zero-order valence-electron chi connectivity index (χ0n) is 18.1. The standard InChI is InChI=1S/C27H27N3O/c1-19-7-3-5-10-25(19)26-27(29-16-15-28-26)31-23-17-30(18-23)22-13-11-20(2)24-9-6-4-8-21(24)12-14-22/h3-10,12,14-16,23H,11,13,17-18H2,1-2H3. The lowest BCUT2D eigenvalue weighted by atomic mass is 10.00. The van der Waals surface area contributed by atoms with Gasteiger partial charge in [0, 0.05) is 23.7 Å². The van der Waals surface area contributed by atoms with E-state index in [0.717, 1.165) is 37.2 Å². The highest BCUT2D eigenvalue weighted by atomic mass is 16.5. The summed E-state index contributed by atoms with van der Waals surface area (Å²) in [6.45, 7) is 6.10. The first-order valence-corrected chi connectivity index (χ1v) is 10.9. The van der Waals surface area contributed by atoms with Gasteiger partial charge in [-0.2, -0.15) is 0 Å². The summed E-state index contributed by atoms with van der Waals surface area (Å²) in [6.07, 6.45) is 10.2. The molecule has 0 unspecified atom stereocenters. The van der Waals surface area contributed by atoms with Gasteiger partial charge in [-0.15, -0.1) is 0 Å². The maximum Gasteiger partial charge on any atom is 0.241 e. The van der Waals surface area contributed by atoms with Gasteiger partial charge in [-0.05, 0) is 48.8 Å². The first kappa shape index (κ1) is 19.6. The van der Waals surface area contributed by atoms with Gasteiger partial charge in [0.25, 0.3) is 0 Å². The highest BCUT2D eigenvalue weighted by molar-refractivity contribution is 5.67. The third-order valence-electron chi connectivity index (χ3n) is 6.23. The fourth-order valence-electron chi connectivity index (χ4n) is 4.35. The number of aryl methyl sites for hydroxylation is 1. The lowest BCUT2D eigenvalue weighted by Crippen LogP contribution is -2.53. The Hall–Kier alpha value is -3.40. The summed E-state index contributed by atoms with van der Waals surface area (Å²) in [5, 5.41) is 2.67. The Kier molecular flexibility index (Phi) is 5.29. The van der Waals surface area contributed by atoms with E-state index in [2.05, 4.69) is 77.3 Å². The number of benzene rings is 2. The van der Waals surface area contributed by atoms with Gasteiger partial charge < -0.3 is 9.64 Å². The van der Waals surface area contributed by atoms with Crippen molar-refractivity contribution in [1.29, 1.82) is 0 Å². The molecular formula is C27H27N3O. The van der Waals surface area contributed by atoms with Crippen LogP contribution >= 0.6 is 0 Å². The molecule has 4 heteroatoms. The van der Waals surface area contributed by atoms with Gasteiger partial charge in [-0.3, -0.25) is 0 Å². The van der Waals surface area contributed by atoms with Crippen LogP contribution in [0.5, 0.6) is 5.88 Å².